The van der Waals surface area contributed by atoms with E-state index in [1.54, 1.807) is 13.8 Å². The second kappa shape index (κ2) is 7.12. The first-order valence-electron chi connectivity index (χ1n) is 7.64. The molecule has 2 aliphatic heterocycles. The molecule has 0 spiro atoms. The Balaban J connectivity index is 2.68. The molecule has 0 aromatic heterocycles. The zero-order chi connectivity index (χ0) is 21.8. The zero-order valence-corrected chi connectivity index (χ0v) is 16.5. The molecule has 0 aliphatic carbocycles. The number of carbonyl (C=O) groups is 6. The molecule has 2 heterocycles. The molecular formula is C13H13Cl3N4O8. The van der Waals surface area contributed by atoms with Crippen molar-refractivity contribution < 1.29 is 39.0 Å². The van der Waals surface area contributed by atoms with Gasteiger partial charge in [-0.1, -0.05) is 20.3 Å². The molecule has 0 saturated carbocycles. The van der Waals surface area contributed by atoms with Crippen molar-refractivity contribution >= 4 is 71.0 Å². The topological polar surface area (TPSA) is 156 Å². The Morgan fingerprint density at radius 1 is 0.786 bits per heavy atom. The zero-order valence-electron chi connectivity index (χ0n) is 14.3. The Labute approximate surface area is 172 Å². The van der Waals surface area contributed by atoms with Gasteiger partial charge in [-0.15, -0.1) is 0 Å². The summed E-state index contributed by atoms with van der Waals surface area (Å²) in [7, 11) is 0. The normalized spacial score (nSPS) is 27.1. The molecule has 8 amide bonds. The van der Waals surface area contributed by atoms with Gasteiger partial charge in [0, 0.05) is 41.9 Å². The van der Waals surface area contributed by atoms with Crippen LogP contribution >= 0.6 is 35.3 Å². The summed E-state index contributed by atoms with van der Waals surface area (Å²) >= 11 is 16.3. The van der Waals surface area contributed by atoms with Crippen LogP contribution < -0.4 is 0 Å². The highest BCUT2D eigenvalue weighted by molar-refractivity contribution is 6.47. The quantitative estimate of drug-likeness (QED) is 0.422. The lowest BCUT2D eigenvalue weighted by Crippen LogP contribution is -2.83. The smallest absolute Gasteiger partial charge is 0.363 e. The summed E-state index contributed by atoms with van der Waals surface area (Å²) in [4.78, 5) is 74.2. The maximum atomic E-state index is 12.8. The van der Waals surface area contributed by atoms with Crippen molar-refractivity contribution in [2.45, 2.75) is 31.5 Å². The van der Waals surface area contributed by atoms with Crippen LogP contribution in [0.25, 0.3) is 0 Å². The van der Waals surface area contributed by atoms with E-state index in [1.807, 2.05) is 0 Å². The lowest BCUT2D eigenvalue weighted by molar-refractivity contribution is -0.207. The highest BCUT2D eigenvalue weighted by Crippen LogP contribution is 2.39. The van der Waals surface area contributed by atoms with Gasteiger partial charge in [0.2, 0.25) is 0 Å². The Hall–Kier alpha value is -1.99. The van der Waals surface area contributed by atoms with Gasteiger partial charge in [0.05, 0.1) is 0 Å². The van der Waals surface area contributed by atoms with Crippen LogP contribution in [0.5, 0.6) is 0 Å². The minimum Gasteiger partial charge on any atom is -0.369 e. The van der Waals surface area contributed by atoms with Crippen molar-refractivity contribution in [3.8, 4) is 0 Å². The Bertz CT molecular complexity index is 783. The van der Waals surface area contributed by atoms with Gasteiger partial charge in [0.15, 0.2) is 0 Å². The van der Waals surface area contributed by atoms with E-state index >= 15 is 0 Å². The fraction of sp³-hybridized carbons (Fsp3) is 0.538. The van der Waals surface area contributed by atoms with E-state index in [0.29, 0.717) is 6.42 Å². The molecule has 2 rings (SSSR count). The third-order valence-corrected chi connectivity index (χ3v) is 5.36. The van der Waals surface area contributed by atoms with Gasteiger partial charge in [-0.2, -0.15) is 13.3 Å². The summed E-state index contributed by atoms with van der Waals surface area (Å²) in [5, 5.41) is 21.5. The maximum absolute atomic E-state index is 12.8. The number of imide groups is 4. The molecule has 2 N–H and O–H groups in total. The summed E-state index contributed by atoms with van der Waals surface area (Å²) in [5.74, 6) is -8.23. The van der Waals surface area contributed by atoms with Crippen LogP contribution in [0, 0.1) is 5.92 Å². The van der Waals surface area contributed by atoms with Crippen molar-refractivity contribution in [2.75, 3.05) is 6.54 Å². The lowest BCUT2D eigenvalue weighted by atomic mass is 9.77. The molecule has 2 aliphatic rings. The SMILES string of the molecule is CCC(C)CN1C(=O)N(Cl)C(=O)C(O)(C2(O)C(=O)N(Cl)C(=O)N(Cl)C2=O)C1=O. The second-order valence-electron chi connectivity index (χ2n) is 6.17. The molecule has 12 nitrogen and oxygen atoms in total. The van der Waals surface area contributed by atoms with E-state index in [1.165, 1.54) is 0 Å². The summed E-state index contributed by atoms with van der Waals surface area (Å²) in [6, 6.07) is -3.00. The third kappa shape index (κ3) is 2.67. The fourth-order valence-corrected chi connectivity index (χ4v) is 3.20. The van der Waals surface area contributed by atoms with Crippen LogP contribution in [-0.4, -0.2) is 81.8 Å². The highest BCUT2D eigenvalue weighted by Gasteiger charge is 2.77. The van der Waals surface area contributed by atoms with Crippen LogP contribution in [0.4, 0.5) is 9.59 Å². The van der Waals surface area contributed by atoms with Crippen molar-refractivity contribution in [2.24, 2.45) is 5.92 Å². The number of hydrogen-bond acceptors (Lipinski definition) is 8. The van der Waals surface area contributed by atoms with Gasteiger partial charge >= 0.3 is 12.1 Å². The first-order valence-corrected chi connectivity index (χ1v) is 8.65. The number of carbonyl (C=O) groups excluding carboxylic acids is 6. The van der Waals surface area contributed by atoms with Gasteiger partial charge in [-0.05, 0) is 5.92 Å². The molecule has 0 bridgehead atoms. The number of amides is 8. The van der Waals surface area contributed by atoms with Crippen molar-refractivity contribution in [1.29, 1.82) is 0 Å². The largest absolute Gasteiger partial charge is 0.369 e. The molecule has 154 valence electrons. The highest BCUT2D eigenvalue weighted by atomic mass is 35.5. The number of barbiturate groups is 2. The van der Waals surface area contributed by atoms with E-state index < -0.39 is 55.7 Å². The predicted molar refractivity (Wildman–Crippen MR) is 90.0 cm³/mol. The molecule has 2 atom stereocenters. The van der Waals surface area contributed by atoms with E-state index in [2.05, 4.69) is 0 Å². The van der Waals surface area contributed by atoms with Crippen LogP contribution in [0.1, 0.15) is 20.3 Å². The molecule has 15 heteroatoms. The number of hydrogen-bond donors (Lipinski definition) is 2. The number of halogens is 3. The van der Waals surface area contributed by atoms with Crippen molar-refractivity contribution in [3.63, 3.8) is 0 Å². The van der Waals surface area contributed by atoms with Crippen LogP contribution in [0.3, 0.4) is 0 Å². The van der Waals surface area contributed by atoms with Crippen molar-refractivity contribution in [1.82, 2.24) is 18.2 Å². The van der Waals surface area contributed by atoms with E-state index in [9.17, 15) is 39.0 Å². The van der Waals surface area contributed by atoms with Gasteiger partial charge < -0.3 is 10.2 Å². The first kappa shape index (κ1) is 22.3. The average molecular weight is 460 g/mol. The van der Waals surface area contributed by atoms with Gasteiger partial charge in [0.25, 0.3) is 34.8 Å². The number of urea groups is 2. The lowest BCUT2D eigenvalue weighted by Gasteiger charge is -2.47. The summed E-state index contributed by atoms with van der Waals surface area (Å²) < 4.78 is -1.07. The molecule has 0 aromatic carbocycles. The standard InChI is InChI=1S/C13H13Cl3N4O8/c1-3-5(2)4-17-6(21)12(27,7(22)18(14)10(17)25)13(28)8(23)19(15)11(26)20(16)9(13)24/h5,27-28H,3-4H2,1-2H3. The van der Waals surface area contributed by atoms with Gasteiger partial charge in [-0.3, -0.25) is 24.1 Å². The Morgan fingerprint density at radius 2 is 1.14 bits per heavy atom. The minimum absolute atomic E-state index is 0.268. The Kier molecular flexibility index (Phi) is 5.67. The van der Waals surface area contributed by atoms with E-state index in [4.69, 9.17) is 35.3 Å². The number of nitrogens with zero attached hydrogens (tertiary/aromatic N) is 4. The van der Waals surface area contributed by atoms with Crippen LogP contribution in [-0.2, 0) is 19.2 Å². The first-order chi connectivity index (χ1) is 12.8. The molecular weight excluding hydrogens is 447 g/mol. The third-order valence-electron chi connectivity index (χ3n) is 4.47. The minimum atomic E-state index is -3.97. The Morgan fingerprint density at radius 3 is 1.54 bits per heavy atom. The van der Waals surface area contributed by atoms with E-state index in [0.717, 1.165) is 0 Å². The van der Waals surface area contributed by atoms with Gasteiger partial charge in [-0.25, -0.2) is 9.59 Å². The monoisotopic (exact) mass is 458 g/mol. The molecule has 0 aromatic rings. The molecule has 2 saturated heterocycles. The van der Waals surface area contributed by atoms with Crippen LogP contribution in [0.2, 0.25) is 0 Å². The maximum Gasteiger partial charge on any atom is 0.363 e. The summed E-state index contributed by atoms with van der Waals surface area (Å²) in [5.41, 5.74) is -7.90. The second-order valence-corrected chi connectivity index (χ2v) is 7.19. The summed E-state index contributed by atoms with van der Waals surface area (Å²) in [6.45, 7) is 2.95. The number of aliphatic hydroxyl groups is 2. The number of rotatable bonds is 4. The molecule has 2 unspecified atom stereocenters. The molecule has 28 heavy (non-hydrogen) atoms. The fourth-order valence-electron chi connectivity index (χ4n) is 2.56. The predicted octanol–water partition coefficient (Wildman–Crippen LogP) is -0.462. The van der Waals surface area contributed by atoms with Gasteiger partial charge in [0.1, 0.15) is 0 Å². The average Bonchev–Trinajstić information content (AvgIpc) is 2.69. The van der Waals surface area contributed by atoms with Crippen molar-refractivity contribution in [3.05, 3.63) is 0 Å². The van der Waals surface area contributed by atoms with Crippen LogP contribution in [0.15, 0.2) is 0 Å². The molecule has 2 fully saturated rings. The van der Waals surface area contributed by atoms with E-state index in [-0.39, 0.29) is 21.8 Å². The summed E-state index contributed by atoms with van der Waals surface area (Å²) in [6.07, 6.45) is 0.452. The molecule has 0 radical (unpaired) electrons.